The van der Waals surface area contributed by atoms with E-state index in [1.54, 1.807) is 17.5 Å². The summed E-state index contributed by atoms with van der Waals surface area (Å²) in [5.41, 5.74) is 2.55. The molecule has 0 aliphatic heterocycles. The van der Waals surface area contributed by atoms with Crippen LogP contribution in [0.3, 0.4) is 0 Å². The molecule has 3 rings (SSSR count). The molecule has 0 saturated heterocycles. The number of carbonyl (C=O) groups excluding carboxylic acids is 1. The van der Waals surface area contributed by atoms with E-state index in [1.165, 1.54) is 0 Å². The Morgan fingerprint density at radius 2 is 2.19 bits per heavy atom. The molecule has 1 amide bonds. The van der Waals surface area contributed by atoms with Crippen LogP contribution in [0.15, 0.2) is 28.5 Å². The monoisotopic (exact) mass is 302 g/mol. The zero-order valence-corrected chi connectivity index (χ0v) is 12.6. The molecule has 1 aliphatic rings. The fourth-order valence-electron chi connectivity index (χ4n) is 2.71. The zero-order chi connectivity index (χ0) is 14.7. The Hall–Kier alpha value is -1.88. The summed E-state index contributed by atoms with van der Waals surface area (Å²) >= 11 is 1.61. The number of aryl methyl sites for hydroxylation is 1. The quantitative estimate of drug-likeness (QED) is 0.909. The molecule has 0 radical (unpaired) electrons. The highest BCUT2D eigenvalue weighted by Crippen LogP contribution is 2.16. The first-order valence-electron chi connectivity index (χ1n) is 7.25. The molecule has 4 nitrogen and oxygen atoms in total. The van der Waals surface area contributed by atoms with Crippen LogP contribution in [0, 0.1) is 0 Å². The molecule has 1 aliphatic carbocycles. The van der Waals surface area contributed by atoms with Gasteiger partial charge in [0.1, 0.15) is 0 Å². The molecule has 0 atom stereocenters. The lowest BCUT2D eigenvalue weighted by Gasteiger charge is -2.15. The third kappa shape index (κ3) is 3.24. The largest absolute Gasteiger partial charge is 0.364 e. The fourth-order valence-corrected chi connectivity index (χ4v) is 3.36. The number of hydrogen-bond acceptors (Lipinski definition) is 3. The van der Waals surface area contributed by atoms with Crippen LogP contribution in [-0.2, 0) is 30.6 Å². The van der Waals surface area contributed by atoms with Crippen LogP contribution in [0.4, 0.5) is 0 Å². The van der Waals surface area contributed by atoms with Gasteiger partial charge < -0.3 is 10.3 Å². The normalized spacial score (nSPS) is 13.7. The maximum Gasteiger partial charge on any atom is 0.224 e. The summed E-state index contributed by atoms with van der Waals surface area (Å²) in [6.45, 7) is 0.527. The number of carbonyl (C=O) groups is 1. The lowest BCUT2D eigenvalue weighted by Crippen LogP contribution is -2.28. The Kier molecular flexibility index (Phi) is 4.20. The van der Waals surface area contributed by atoms with Gasteiger partial charge in [-0.1, -0.05) is 6.07 Å². The van der Waals surface area contributed by atoms with Gasteiger partial charge in [-0.15, -0.1) is 11.3 Å². The molecule has 110 valence electrons. The molecule has 0 aromatic carbocycles. The molecule has 0 saturated carbocycles. The van der Waals surface area contributed by atoms with E-state index in [0.29, 0.717) is 12.1 Å². The number of hydrogen-bond donors (Lipinski definition) is 2. The van der Waals surface area contributed by atoms with E-state index >= 15 is 0 Å². The third-order valence-electron chi connectivity index (χ3n) is 3.85. The van der Waals surface area contributed by atoms with E-state index in [1.807, 2.05) is 17.5 Å². The number of aromatic nitrogens is 1. The molecule has 0 bridgehead atoms. The van der Waals surface area contributed by atoms with Gasteiger partial charge in [-0.3, -0.25) is 9.59 Å². The minimum Gasteiger partial charge on any atom is -0.364 e. The molecular formula is C16H18N2O2S. The van der Waals surface area contributed by atoms with E-state index in [4.69, 9.17) is 0 Å². The van der Waals surface area contributed by atoms with Crippen LogP contribution >= 0.6 is 11.3 Å². The molecule has 2 N–H and O–H groups in total. The average Bonchev–Trinajstić information content (AvgIpc) is 3.02. The van der Waals surface area contributed by atoms with Crippen molar-refractivity contribution >= 4 is 17.2 Å². The number of thiophene rings is 1. The fraction of sp³-hybridized carbons (Fsp3) is 0.375. The van der Waals surface area contributed by atoms with Crippen LogP contribution in [0.5, 0.6) is 0 Å². The van der Waals surface area contributed by atoms with Crippen molar-refractivity contribution in [2.24, 2.45) is 0 Å². The number of rotatable bonds is 4. The van der Waals surface area contributed by atoms with Gasteiger partial charge >= 0.3 is 0 Å². The Morgan fingerprint density at radius 3 is 3.00 bits per heavy atom. The maximum absolute atomic E-state index is 12.4. The van der Waals surface area contributed by atoms with Crippen molar-refractivity contribution in [3.63, 3.8) is 0 Å². The van der Waals surface area contributed by atoms with Gasteiger partial charge in [-0.25, -0.2) is 0 Å². The van der Waals surface area contributed by atoms with E-state index in [2.05, 4.69) is 10.3 Å². The number of fused-ring (bicyclic) bond motifs is 1. The van der Waals surface area contributed by atoms with Crippen molar-refractivity contribution < 1.29 is 4.79 Å². The number of aromatic amines is 1. The number of amides is 1. The Bertz CT molecular complexity index is 689. The van der Waals surface area contributed by atoms with Gasteiger partial charge in [-0.05, 0) is 37.1 Å². The Morgan fingerprint density at radius 1 is 1.33 bits per heavy atom. The Labute approximate surface area is 127 Å². The maximum atomic E-state index is 12.4. The SMILES string of the molecule is O=C(Cc1c[nH]c2c(c1=O)CCCC2)NCc1cccs1. The van der Waals surface area contributed by atoms with Crippen LogP contribution in [-0.4, -0.2) is 10.9 Å². The summed E-state index contributed by atoms with van der Waals surface area (Å²) in [6.07, 6.45) is 5.81. The summed E-state index contributed by atoms with van der Waals surface area (Å²) in [7, 11) is 0. The van der Waals surface area contributed by atoms with Crippen molar-refractivity contribution in [1.29, 1.82) is 0 Å². The van der Waals surface area contributed by atoms with Gasteiger partial charge in [0.15, 0.2) is 5.43 Å². The van der Waals surface area contributed by atoms with E-state index < -0.39 is 0 Å². The second-order valence-electron chi connectivity index (χ2n) is 5.34. The predicted molar refractivity (Wildman–Crippen MR) is 83.6 cm³/mol. The first kappa shape index (κ1) is 14.1. The minimum absolute atomic E-state index is 0.0507. The lowest BCUT2D eigenvalue weighted by atomic mass is 9.94. The number of H-pyrrole nitrogens is 1. The zero-order valence-electron chi connectivity index (χ0n) is 11.8. The van der Waals surface area contributed by atoms with Crippen LogP contribution < -0.4 is 10.7 Å². The average molecular weight is 302 g/mol. The van der Waals surface area contributed by atoms with Crippen molar-refractivity contribution in [3.8, 4) is 0 Å². The first-order valence-corrected chi connectivity index (χ1v) is 8.13. The highest BCUT2D eigenvalue weighted by atomic mass is 32.1. The van der Waals surface area contributed by atoms with Crippen LogP contribution in [0.2, 0.25) is 0 Å². The van der Waals surface area contributed by atoms with Crippen molar-refractivity contribution in [1.82, 2.24) is 10.3 Å². The second-order valence-corrected chi connectivity index (χ2v) is 6.37. The molecule has 5 heteroatoms. The summed E-state index contributed by atoms with van der Waals surface area (Å²) in [5, 5.41) is 4.84. The van der Waals surface area contributed by atoms with Crippen molar-refractivity contribution in [3.05, 3.63) is 55.6 Å². The molecule has 0 unspecified atom stereocenters. The van der Waals surface area contributed by atoms with Gasteiger partial charge in [0.2, 0.25) is 5.91 Å². The molecule has 0 fully saturated rings. The molecule has 2 aromatic heterocycles. The summed E-state index contributed by atoms with van der Waals surface area (Å²) < 4.78 is 0. The Balaban J connectivity index is 1.67. The van der Waals surface area contributed by atoms with Gasteiger partial charge in [0.25, 0.3) is 0 Å². The van der Waals surface area contributed by atoms with E-state index in [-0.39, 0.29) is 17.8 Å². The van der Waals surface area contributed by atoms with E-state index in [0.717, 1.165) is 41.8 Å². The second kappa shape index (κ2) is 6.26. The molecular weight excluding hydrogens is 284 g/mol. The number of nitrogens with one attached hydrogen (secondary N) is 2. The van der Waals surface area contributed by atoms with Gasteiger partial charge in [-0.2, -0.15) is 0 Å². The van der Waals surface area contributed by atoms with Crippen molar-refractivity contribution in [2.75, 3.05) is 0 Å². The minimum atomic E-state index is -0.107. The first-order chi connectivity index (χ1) is 10.2. The smallest absolute Gasteiger partial charge is 0.224 e. The highest BCUT2D eigenvalue weighted by Gasteiger charge is 2.16. The summed E-state index contributed by atoms with van der Waals surface area (Å²) in [5.74, 6) is -0.107. The third-order valence-corrected chi connectivity index (χ3v) is 4.72. The number of pyridine rings is 1. The lowest BCUT2D eigenvalue weighted by molar-refractivity contribution is -0.120. The van der Waals surface area contributed by atoms with Crippen molar-refractivity contribution in [2.45, 2.75) is 38.6 Å². The highest BCUT2D eigenvalue weighted by molar-refractivity contribution is 7.09. The predicted octanol–water partition coefficient (Wildman–Crippen LogP) is 2.17. The standard InChI is InChI=1S/C16H18N2O2S/c19-15(18-10-12-4-3-7-21-12)8-11-9-17-14-6-2-1-5-13(14)16(11)20/h3-4,7,9H,1-2,5-6,8,10H2,(H,17,20)(H,18,19). The summed E-state index contributed by atoms with van der Waals surface area (Å²) in [6, 6.07) is 3.94. The van der Waals surface area contributed by atoms with Gasteiger partial charge in [0.05, 0.1) is 13.0 Å². The summed E-state index contributed by atoms with van der Waals surface area (Å²) in [4.78, 5) is 28.7. The van der Waals surface area contributed by atoms with E-state index in [9.17, 15) is 9.59 Å². The molecule has 0 spiro atoms. The van der Waals surface area contributed by atoms with Crippen LogP contribution in [0.1, 0.15) is 34.5 Å². The molecule has 2 aromatic rings. The van der Waals surface area contributed by atoms with Gasteiger partial charge in [0, 0.05) is 27.9 Å². The van der Waals surface area contributed by atoms with Crippen LogP contribution in [0.25, 0.3) is 0 Å². The topological polar surface area (TPSA) is 62.0 Å². The molecule has 21 heavy (non-hydrogen) atoms. The molecule has 2 heterocycles.